The Kier molecular flexibility index (Phi) is 4.39. The van der Waals surface area contributed by atoms with Crippen molar-refractivity contribution in [1.29, 1.82) is 0 Å². The molecule has 0 saturated heterocycles. The van der Waals surface area contributed by atoms with Gasteiger partial charge in [0.05, 0.1) is 6.54 Å². The fourth-order valence-electron chi connectivity index (χ4n) is 1.69. The lowest BCUT2D eigenvalue weighted by atomic mass is 10.3. The van der Waals surface area contributed by atoms with Gasteiger partial charge in [0, 0.05) is 13.1 Å². The molecule has 0 spiro atoms. The molecule has 0 aliphatic rings. The number of furan rings is 1. The van der Waals surface area contributed by atoms with E-state index in [4.69, 9.17) is 14.7 Å². The number of amides is 2. The molecule has 0 aliphatic carbocycles. The molecule has 0 unspecified atom stereocenters. The van der Waals surface area contributed by atoms with Crippen molar-refractivity contribution in [2.75, 3.05) is 18.9 Å². The molecule has 8 heteroatoms. The van der Waals surface area contributed by atoms with E-state index >= 15 is 0 Å². The van der Waals surface area contributed by atoms with Crippen LogP contribution in [0.4, 0.5) is 5.82 Å². The van der Waals surface area contributed by atoms with Gasteiger partial charge in [0.25, 0.3) is 5.91 Å². The molecule has 2 aromatic heterocycles. The molecule has 0 aliphatic heterocycles. The average molecular weight is 292 g/mol. The molecule has 0 atom stereocenters. The number of carbonyl (C=O) groups excluding carboxylic acids is 2. The van der Waals surface area contributed by atoms with Gasteiger partial charge >= 0.3 is 0 Å². The first-order valence-electron chi connectivity index (χ1n) is 6.27. The molecule has 8 nitrogen and oxygen atoms in total. The zero-order chi connectivity index (χ0) is 15.4. The van der Waals surface area contributed by atoms with Crippen molar-refractivity contribution in [3.05, 3.63) is 35.5 Å². The first-order valence-corrected chi connectivity index (χ1v) is 6.27. The summed E-state index contributed by atoms with van der Waals surface area (Å²) >= 11 is 0. The van der Waals surface area contributed by atoms with Gasteiger partial charge in [0.1, 0.15) is 18.1 Å². The van der Waals surface area contributed by atoms with Crippen molar-refractivity contribution in [3.8, 4) is 0 Å². The molecular formula is C13H16N4O4. The van der Waals surface area contributed by atoms with E-state index in [1.54, 1.807) is 19.1 Å². The van der Waals surface area contributed by atoms with Crippen LogP contribution in [-0.2, 0) is 11.3 Å². The standard InChI is InChI=1S/C13H16N4O4/c1-8-5-11(16-21-8)15-12(18)7-17(2)13(19)10-4-3-9(6-14)20-10/h3-5H,6-7,14H2,1-2H3,(H,15,16,18). The van der Waals surface area contributed by atoms with Gasteiger partial charge in [0.2, 0.25) is 5.91 Å². The SMILES string of the molecule is Cc1cc(NC(=O)CN(C)C(=O)c2ccc(CN)o2)no1. The predicted octanol–water partition coefficient (Wildman–Crippen LogP) is 0.745. The average Bonchev–Trinajstić information content (AvgIpc) is 3.06. The molecule has 0 bridgehead atoms. The Morgan fingerprint density at radius 1 is 1.43 bits per heavy atom. The van der Waals surface area contributed by atoms with E-state index in [9.17, 15) is 9.59 Å². The first kappa shape index (κ1) is 14.8. The third kappa shape index (κ3) is 3.69. The quantitative estimate of drug-likeness (QED) is 0.840. The van der Waals surface area contributed by atoms with E-state index in [0.717, 1.165) is 0 Å². The van der Waals surface area contributed by atoms with Gasteiger partial charge in [-0.05, 0) is 19.1 Å². The maximum atomic E-state index is 12.0. The Labute approximate surface area is 120 Å². The lowest BCUT2D eigenvalue weighted by Gasteiger charge is -2.14. The van der Waals surface area contributed by atoms with E-state index in [1.807, 2.05) is 0 Å². The Bertz CT molecular complexity index is 646. The molecule has 3 N–H and O–H groups in total. The molecule has 0 radical (unpaired) electrons. The molecule has 2 heterocycles. The topological polar surface area (TPSA) is 115 Å². The van der Waals surface area contributed by atoms with Crippen LogP contribution in [-0.4, -0.2) is 35.5 Å². The number of hydrogen-bond acceptors (Lipinski definition) is 6. The lowest BCUT2D eigenvalue weighted by Crippen LogP contribution is -2.34. The second-order valence-electron chi connectivity index (χ2n) is 4.50. The van der Waals surface area contributed by atoms with E-state index in [0.29, 0.717) is 17.3 Å². The molecule has 112 valence electrons. The number of rotatable bonds is 5. The third-order valence-corrected chi connectivity index (χ3v) is 2.70. The summed E-state index contributed by atoms with van der Waals surface area (Å²) in [5.41, 5.74) is 5.41. The van der Waals surface area contributed by atoms with Gasteiger partial charge in [-0.25, -0.2) is 0 Å². The van der Waals surface area contributed by atoms with Crippen molar-refractivity contribution in [2.24, 2.45) is 5.73 Å². The number of nitrogens with two attached hydrogens (primary N) is 1. The predicted molar refractivity (Wildman–Crippen MR) is 73.4 cm³/mol. The zero-order valence-electron chi connectivity index (χ0n) is 11.8. The Hall–Kier alpha value is -2.61. The molecular weight excluding hydrogens is 276 g/mol. The summed E-state index contributed by atoms with van der Waals surface area (Å²) in [6.07, 6.45) is 0. The van der Waals surface area contributed by atoms with Crippen LogP contribution >= 0.6 is 0 Å². The molecule has 2 amide bonds. The first-order chi connectivity index (χ1) is 9.99. The lowest BCUT2D eigenvalue weighted by molar-refractivity contribution is -0.116. The largest absolute Gasteiger partial charge is 0.455 e. The maximum absolute atomic E-state index is 12.0. The number of nitrogens with zero attached hydrogens (tertiary/aromatic N) is 2. The summed E-state index contributed by atoms with van der Waals surface area (Å²) in [7, 11) is 1.50. The second-order valence-corrected chi connectivity index (χ2v) is 4.50. The highest BCUT2D eigenvalue weighted by molar-refractivity contribution is 5.97. The smallest absolute Gasteiger partial charge is 0.289 e. The summed E-state index contributed by atoms with van der Waals surface area (Å²) in [5.74, 6) is 0.754. The van der Waals surface area contributed by atoms with E-state index < -0.39 is 5.91 Å². The fraction of sp³-hybridized carbons (Fsp3) is 0.308. The number of hydrogen-bond donors (Lipinski definition) is 2. The third-order valence-electron chi connectivity index (χ3n) is 2.70. The van der Waals surface area contributed by atoms with Crippen LogP contribution in [0.1, 0.15) is 22.1 Å². The van der Waals surface area contributed by atoms with Crippen LogP contribution in [0.15, 0.2) is 27.1 Å². The zero-order valence-corrected chi connectivity index (χ0v) is 11.8. The molecule has 2 rings (SSSR count). The molecule has 0 saturated carbocycles. The van der Waals surface area contributed by atoms with Crippen LogP contribution in [0.2, 0.25) is 0 Å². The Morgan fingerprint density at radius 2 is 2.19 bits per heavy atom. The summed E-state index contributed by atoms with van der Waals surface area (Å²) < 4.78 is 10.1. The second kappa shape index (κ2) is 6.23. The highest BCUT2D eigenvalue weighted by Gasteiger charge is 2.18. The van der Waals surface area contributed by atoms with E-state index in [-0.39, 0.29) is 24.8 Å². The highest BCUT2D eigenvalue weighted by Crippen LogP contribution is 2.10. The summed E-state index contributed by atoms with van der Waals surface area (Å²) in [6.45, 7) is 1.79. The van der Waals surface area contributed by atoms with Gasteiger partial charge in [0.15, 0.2) is 11.6 Å². The molecule has 0 aromatic carbocycles. The van der Waals surface area contributed by atoms with Gasteiger partial charge in [-0.3, -0.25) is 9.59 Å². The Morgan fingerprint density at radius 3 is 2.76 bits per heavy atom. The highest BCUT2D eigenvalue weighted by atomic mass is 16.5. The number of nitrogens with one attached hydrogen (secondary N) is 1. The van der Waals surface area contributed by atoms with Crippen molar-refractivity contribution >= 4 is 17.6 Å². The summed E-state index contributed by atoms with van der Waals surface area (Å²) in [5, 5.41) is 6.17. The van der Waals surface area contributed by atoms with E-state index in [2.05, 4.69) is 10.5 Å². The van der Waals surface area contributed by atoms with Gasteiger partial charge in [-0.1, -0.05) is 5.16 Å². The molecule has 2 aromatic rings. The fourth-order valence-corrected chi connectivity index (χ4v) is 1.69. The maximum Gasteiger partial charge on any atom is 0.289 e. The number of aromatic nitrogens is 1. The minimum atomic E-state index is -0.402. The van der Waals surface area contributed by atoms with Crippen molar-refractivity contribution < 1.29 is 18.5 Å². The number of anilines is 1. The van der Waals surface area contributed by atoms with Crippen molar-refractivity contribution in [1.82, 2.24) is 10.1 Å². The molecule has 21 heavy (non-hydrogen) atoms. The van der Waals surface area contributed by atoms with Crippen LogP contribution in [0.25, 0.3) is 0 Å². The number of aryl methyl sites for hydroxylation is 1. The summed E-state index contributed by atoms with van der Waals surface area (Å²) in [4.78, 5) is 25.1. The minimum absolute atomic E-state index is 0.136. The summed E-state index contributed by atoms with van der Waals surface area (Å²) in [6, 6.07) is 4.74. The van der Waals surface area contributed by atoms with Gasteiger partial charge < -0.3 is 24.9 Å². The minimum Gasteiger partial charge on any atom is -0.455 e. The van der Waals surface area contributed by atoms with Crippen molar-refractivity contribution in [2.45, 2.75) is 13.5 Å². The van der Waals surface area contributed by atoms with Gasteiger partial charge in [-0.15, -0.1) is 0 Å². The van der Waals surface area contributed by atoms with Crippen LogP contribution < -0.4 is 11.1 Å². The number of likely N-dealkylation sites (N-methyl/N-ethyl adjacent to an activating group) is 1. The van der Waals surface area contributed by atoms with Crippen LogP contribution in [0.3, 0.4) is 0 Å². The van der Waals surface area contributed by atoms with E-state index in [1.165, 1.54) is 18.0 Å². The number of carbonyl (C=O) groups is 2. The van der Waals surface area contributed by atoms with Crippen LogP contribution in [0.5, 0.6) is 0 Å². The Balaban J connectivity index is 1.92. The van der Waals surface area contributed by atoms with Crippen molar-refractivity contribution in [3.63, 3.8) is 0 Å². The van der Waals surface area contributed by atoms with Crippen LogP contribution in [0, 0.1) is 6.92 Å². The van der Waals surface area contributed by atoms with Gasteiger partial charge in [-0.2, -0.15) is 0 Å². The monoisotopic (exact) mass is 292 g/mol. The normalized spacial score (nSPS) is 10.4. The molecule has 0 fully saturated rings.